The van der Waals surface area contributed by atoms with Gasteiger partial charge in [-0.2, -0.15) is 0 Å². The van der Waals surface area contributed by atoms with Crippen LogP contribution in [0.1, 0.15) is 58.8 Å². The molecule has 0 aromatic heterocycles. The van der Waals surface area contributed by atoms with E-state index in [0.717, 1.165) is 12.0 Å². The second kappa shape index (κ2) is 8.93. The Bertz CT molecular complexity index is 182. The largest absolute Gasteiger partial charge is 0.314 e. The van der Waals surface area contributed by atoms with Gasteiger partial charge in [0, 0.05) is 12.6 Å². The summed E-state index contributed by atoms with van der Waals surface area (Å²) in [5.74, 6) is 0.876. The van der Waals surface area contributed by atoms with Crippen LogP contribution in [0, 0.1) is 5.92 Å². The molecule has 1 aliphatic rings. The Morgan fingerprint density at radius 1 is 1.06 bits per heavy atom. The van der Waals surface area contributed by atoms with Gasteiger partial charge in [-0.3, -0.25) is 0 Å². The van der Waals surface area contributed by atoms with Gasteiger partial charge in [-0.1, -0.05) is 33.1 Å². The lowest BCUT2D eigenvalue weighted by Crippen LogP contribution is -2.41. The highest BCUT2D eigenvalue weighted by atomic mass is 15.1. The summed E-state index contributed by atoms with van der Waals surface area (Å²) in [5, 5.41) is 3.78. The van der Waals surface area contributed by atoms with E-state index in [9.17, 15) is 0 Å². The fourth-order valence-electron chi connectivity index (χ4n) is 3.07. The van der Waals surface area contributed by atoms with Gasteiger partial charge >= 0.3 is 0 Å². The van der Waals surface area contributed by atoms with E-state index >= 15 is 0 Å². The summed E-state index contributed by atoms with van der Waals surface area (Å²) in [7, 11) is 2.28. The normalized spacial score (nSPS) is 26.1. The molecule has 1 saturated carbocycles. The minimum Gasteiger partial charge on any atom is -0.314 e. The molecular formula is C15H32N2. The summed E-state index contributed by atoms with van der Waals surface area (Å²) in [4.78, 5) is 2.52. The molecule has 2 nitrogen and oxygen atoms in total. The predicted molar refractivity (Wildman–Crippen MR) is 76.4 cm³/mol. The molecule has 1 aliphatic carbocycles. The van der Waals surface area contributed by atoms with Crippen molar-refractivity contribution < 1.29 is 0 Å². The Morgan fingerprint density at radius 2 is 1.82 bits per heavy atom. The van der Waals surface area contributed by atoms with Crippen molar-refractivity contribution in [2.75, 3.05) is 26.7 Å². The zero-order chi connectivity index (χ0) is 12.5. The van der Waals surface area contributed by atoms with Gasteiger partial charge in [0.05, 0.1) is 0 Å². The number of hydrogen-bond acceptors (Lipinski definition) is 2. The first kappa shape index (κ1) is 15.0. The van der Waals surface area contributed by atoms with Crippen LogP contribution in [-0.4, -0.2) is 37.6 Å². The van der Waals surface area contributed by atoms with Crippen LogP contribution < -0.4 is 5.32 Å². The maximum absolute atomic E-state index is 3.78. The Labute approximate surface area is 108 Å². The zero-order valence-electron chi connectivity index (χ0n) is 12.2. The smallest absolute Gasteiger partial charge is 0.0107 e. The third-order valence-corrected chi connectivity index (χ3v) is 3.97. The highest BCUT2D eigenvalue weighted by Gasteiger charge is 2.23. The van der Waals surface area contributed by atoms with E-state index < -0.39 is 0 Å². The van der Waals surface area contributed by atoms with Crippen molar-refractivity contribution in [2.45, 2.75) is 64.8 Å². The molecule has 0 bridgehead atoms. The fourth-order valence-corrected chi connectivity index (χ4v) is 3.07. The summed E-state index contributed by atoms with van der Waals surface area (Å²) in [5.41, 5.74) is 0. The molecule has 0 aromatic carbocycles. The number of rotatable bonds is 7. The van der Waals surface area contributed by atoms with Gasteiger partial charge in [0.15, 0.2) is 0 Å². The predicted octanol–water partition coefficient (Wildman–Crippen LogP) is 3.28. The van der Waals surface area contributed by atoms with E-state index in [0.29, 0.717) is 0 Å². The Morgan fingerprint density at radius 3 is 2.53 bits per heavy atom. The first-order valence-electron chi connectivity index (χ1n) is 7.69. The van der Waals surface area contributed by atoms with Crippen LogP contribution >= 0.6 is 0 Å². The lowest BCUT2D eigenvalue weighted by atomic mass is 9.94. The average Bonchev–Trinajstić information content (AvgIpc) is 2.52. The molecule has 1 rings (SSSR count). The quantitative estimate of drug-likeness (QED) is 0.687. The summed E-state index contributed by atoms with van der Waals surface area (Å²) in [6.07, 6.45) is 9.66. The molecule has 0 aliphatic heterocycles. The third-order valence-electron chi connectivity index (χ3n) is 3.97. The molecule has 0 radical (unpaired) electrons. The second-order valence-electron chi connectivity index (χ2n) is 5.72. The molecule has 1 fully saturated rings. The molecule has 1 N–H and O–H groups in total. The highest BCUT2D eigenvalue weighted by Crippen LogP contribution is 2.24. The molecule has 2 unspecified atom stereocenters. The third kappa shape index (κ3) is 5.87. The number of hydrogen-bond donors (Lipinski definition) is 1. The number of nitrogens with zero attached hydrogens (tertiary/aromatic N) is 1. The van der Waals surface area contributed by atoms with Crippen LogP contribution in [0.25, 0.3) is 0 Å². The van der Waals surface area contributed by atoms with Gasteiger partial charge in [-0.05, 0) is 51.7 Å². The van der Waals surface area contributed by atoms with E-state index in [1.54, 1.807) is 0 Å². The number of nitrogens with one attached hydrogen (secondary N) is 1. The van der Waals surface area contributed by atoms with Crippen molar-refractivity contribution in [1.82, 2.24) is 10.2 Å². The van der Waals surface area contributed by atoms with Crippen LogP contribution in [0.5, 0.6) is 0 Å². The lowest BCUT2D eigenvalue weighted by molar-refractivity contribution is 0.224. The van der Waals surface area contributed by atoms with Gasteiger partial charge in [-0.15, -0.1) is 0 Å². The van der Waals surface area contributed by atoms with Crippen LogP contribution in [0.15, 0.2) is 0 Å². The summed E-state index contributed by atoms with van der Waals surface area (Å²) >= 11 is 0. The second-order valence-corrected chi connectivity index (χ2v) is 5.72. The minimum absolute atomic E-state index is 0.775. The monoisotopic (exact) mass is 240 g/mol. The fraction of sp³-hybridized carbons (Fsp3) is 1.00. The van der Waals surface area contributed by atoms with Crippen LogP contribution in [0.2, 0.25) is 0 Å². The van der Waals surface area contributed by atoms with Gasteiger partial charge in [0.2, 0.25) is 0 Å². The SMILES string of the molecule is CCCNC1CCCCCC1CN(C)CCC. The Balaban J connectivity index is 2.43. The minimum atomic E-state index is 0.775. The van der Waals surface area contributed by atoms with Gasteiger partial charge in [-0.25, -0.2) is 0 Å². The standard InChI is InChI=1S/C15H32N2/c1-4-11-16-15-10-8-6-7-9-14(15)13-17(3)12-5-2/h14-16H,4-13H2,1-3H3. The lowest BCUT2D eigenvalue weighted by Gasteiger charge is -2.30. The maximum Gasteiger partial charge on any atom is 0.0107 e. The zero-order valence-corrected chi connectivity index (χ0v) is 12.2. The van der Waals surface area contributed by atoms with Crippen molar-refractivity contribution in [3.63, 3.8) is 0 Å². The summed E-state index contributed by atoms with van der Waals surface area (Å²) < 4.78 is 0. The van der Waals surface area contributed by atoms with E-state index in [-0.39, 0.29) is 0 Å². The molecule has 0 aromatic rings. The Kier molecular flexibility index (Phi) is 7.87. The van der Waals surface area contributed by atoms with Crippen LogP contribution in [0.4, 0.5) is 0 Å². The first-order valence-corrected chi connectivity index (χ1v) is 7.69. The van der Waals surface area contributed by atoms with Crippen molar-refractivity contribution in [3.8, 4) is 0 Å². The topological polar surface area (TPSA) is 15.3 Å². The van der Waals surface area contributed by atoms with Crippen molar-refractivity contribution in [3.05, 3.63) is 0 Å². The molecule has 0 saturated heterocycles. The van der Waals surface area contributed by atoms with E-state index in [1.165, 1.54) is 64.6 Å². The average molecular weight is 240 g/mol. The van der Waals surface area contributed by atoms with E-state index in [1.807, 2.05) is 0 Å². The van der Waals surface area contributed by atoms with Crippen LogP contribution in [-0.2, 0) is 0 Å². The van der Waals surface area contributed by atoms with Gasteiger partial charge < -0.3 is 10.2 Å². The molecular weight excluding hydrogens is 208 g/mol. The van der Waals surface area contributed by atoms with E-state index in [2.05, 4.69) is 31.1 Å². The molecule has 2 heteroatoms. The van der Waals surface area contributed by atoms with E-state index in [4.69, 9.17) is 0 Å². The molecule has 0 spiro atoms. The molecule has 2 atom stereocenters. The van der Waals surface area contributed by atoms with Crippen molar-refractivity contribution in [1.29, 1.82) is 0 Å². The molecule has 0 amide bonds. The molecule has 17 heavy (non-hydrogen) atoms. The summed E-state index contributed by atoms with van der Waals surface area (Å²) in [6, 6.07) is 0.775. The van der Waals surface area contributed by atoms with Crippen molar-refractivity contribution in [2.24, 2.45) is 5.92 Å². The summed E-state index contributed by atoms with van der Waals surface area (Å²) in [6.45, 7) is 8.27. The van der Waals surface area contributed by atoms with Crippen molar-refractivity contribution >= 4 is 0 Å². The highest BCUT2D eigenvalue weighted by molar-refractivity contribution is 4.81. The maximum atomic E-state index is 3.78. The van der Waals surface area contributed by atoms with Gasteiger partial charge in [0.1, 0.15) is 0 Å². The van der Waals surface area contributed by atoms with Crippen LogP contribution in [0.3, 0.4) is 0 Å². The Hall–Kier alpha value is -0.0800. The molecule has 0 heterocycles. The first-order chi connectivity index (χ1) is 8.27. The van der Waals surface area contributed by atoms with Gasteiger partial charge in [0.25, 0.3) is 0 Å². The molecule has 102 valence electrons.